The second-order valence-corrected chi connectivity index (χ2v) is 5.44. The van der Waals surface area contributed by atoms with Gasteiger partial charge in [0.2, 0.25) is 5.91 Å². The van der Waals surface area contributed by atoms with E-state index in [4.69, 9.17) is 0 Å². The Morgan fingerprint density at radius 1 is 1.19 bits per heavy atom. The number of nitrogens with zero attached hydrogens (tertiary/aromatic N) is 4. The lowest BCUT2D eigenvalue weighted by Gasteiger charge is -2.00. The number of amides is 1. The van der Waals surface area contributed by atoms with E-state index in [0.717, 1.165) is 5.69 Å². The van der Waals surface area contributed by atoms with Crippen molar-refractivity contribution in [3.05, 3.63) is 76.5 Å². The number of carbonyl (C=O) groups is 1. The number of non-ortho nitro benzene ring substituents is 1. The molecule has 0 unspecified atom stereocenters. The third-order valence-corrected chi connectivity index (χ3v) is 3.54. The van der Waals surface area contributed by atoms with Crippen LogP contribution >= 0.6 is 0 Å². The Balaban J connectivity index is 2.03. The second kappa shape index (κ2) is 7.39. The topological polar surface area (TPSA) is 102 Å². The van der Waals surface area contributed by atoms with Crippen molar-refractivity contribution in [3.63, 3.8) is 0 Å². The summed E-state index contributed by atoms with van der Waals surface area (Å²) in [6.07, 6.45) is 3.27. The number of nitrogens with one attached hydrogen (secondary N) is 1. The van der Waals surface area contributed by atoms with Crippen LogP contribution in [0.1, 0.15) is 12.5 Å². The van der Waals surface area contributed by atoms with Gasteiger partial charge in [0.15, 0.2) is 0 Å². The van der Waals surface area contributed by atoms with E-state index in [9.17, 15) is 14.9 Å². The van der Waals surface area contributed by atoms with Crippen LogP contribution in [0.4, 0.5) is 5.69 Å². The molecule has 0 atom stereocenters. The highest BCUT2D eigenvalue weighted by molar-refractivity contribution is 5.89. The maximum absolute atomic E-state index is 11.0. The number of hydrazone groups is 1. The van der Waals surface area contributed by atoms with Crippen molar-refractivity contribution in [1.82, 2.24) is 15.2 Å². The first kappa shape index (κ1) is 17.0. The highest BCUT2D eigenvalue weighted by atomic mass is 16.6. The Morgan fingerprint density at radius 2 is 1.88 bits per heavy atom. The molecule has 8 nitrogen and oxygen atoms in total. The van der Waals surface area contributed by atoms with Crippen LogP contribution in [-0.4, -0.2) is 26.8 Å². The van der Waals surface area contributed by atoms with Gasteiger partial charge >= 0.3 is 0 Å². The third kappa shape index (κ3) is 3.81. The number of hydrogen-bond donors (Lipinski definition) is 1. The lowest BCUT2D eigenvalue weighted by atomic mass is 10.1. The fourth-order valence-corrected chi connectivity index (χ4v) is 2.35. The molecule has 3 rings (SSSR count). The van der Waals surface area contributed by atoms with Crippen LogP contribution in [0.3, 0.4) is 0 Å². The molecule has 3 aromatic rings. The first-order valence-electron chi connectivity index (χ1n) is 7.74. The van der Waals surface area contributed by atoms with Crippen LogP contribution in [-0.2, 0) is 4.79 Å². The van der Waals surface area contributed by atoms with Crippen molar-refractivity contribution in [3.8, 4) is 16.9 Å². The maximum Gasteiger partial charge on any atom is 0.269 e. The highest BCUT2D eigenvalue weighted by Crippen LogP contribution is 2.25. The number of nitro groups is 1. The predicted molar refractivity (Wildman–Crippen MR) is 97.1 cm³/mol. The normalized spacial score (nSPS) is 10.8. The van der Waals surface area contributed by atoms with Crippen LogP contribution in [0.25, 0.3) is 16.9 Å². The summed E-state index contributed by atoms with van der Waals surface area (Å²) in [5.41, 5.74) is 5.17. The number of rotatable bonds is 5. The van der Waals surface area contributed by atoms with Gasteiger partial charge < -0.3 is 0 Å². The van der Waals surface area contributed by atoms with E-state index in [0.29, 0.717) is 16.8 Å². The van der Waals surface area contributed by atoms with Crippen LogP contribution < -0.4 is 5.43 Å². The van der Waals surface area contributed by atoms with Crippen LogP contribution in [0.2, 0.25) is 0 Å². The number of benzene rings is 2. The molecule has 26 heavy (non-hydrogen) atoms. The molecule has 1 N–H and O–H groups in total. The van der Waals surface area contributed by atoms with Crippen LogP contribution in [0, 0.1) is 10.1 Å². The van der Waals surface area contributed by atoms with Gasteiger partial charge in [-0.2, -0.15) is 10.2 Å². The summed E-state index contributed by atoms with van der Waals surface area (Å²) in [6.45, 7) is 1.36. The number of nitro benzene ring substituents is 1. The van der Waals surface area contributed by atoms with E-state index in [-0.39, 0.29) is 11.6 Å². The summed E-state index contributed by atoms with van der Waals surface area (Å²) >= 11 is 0. The minimum Gasteiger partial charge on any atom is -0.274 e. The SMILES string of the molecule is CC(=O)N/N=C\c1cn(-c2ccccc2)nc1-c1ccc([N+](=O)[O-])cc1. The summed E-state index contributed by atoms with van der Waals surface area (Å²) in [5.74, 6) is -0.284. The minimum atomic E-state index is -0.453. The van der Waals surface area contributed by atoms with Gasteiger partial charge in [0.25, 0.3) is 5.69 Å². The fraction of sp³-hybridized carbons (Fsp3) is 0.0556. The van der Waals surface area contributed by atoms with Crippen molar-refractivity contribution in [1.29, 1.82) is 0 Å². The Labute approximate surface area is 148 Å². The molecule has 8 heteroatoms. The standard InChI is InChI=1S/C18H15N5O3/c1-13(24)20-19-11-15-12-22(16-5-3-2-4-6-16)21-18(15)14-7-9-17(10-8-14)23(25)26/h2-12H,1H3,(H,20,24)/b19-11-. The van der Waals surface area contributed by atoms with E-state index in [1.807, 2.05) is 30.3 Å². The molecule has 0 saturated carbocycles. The lowest BCUT2D eigenvalue weighted by Crippen LogP contribution is -2.12. The van der Waals surface area contributed by atoms with Gasteiger partial charge in [-0.1, -0.05) is 18.2 Å². The monoisotopic (exact) mass is 349 g/mol. The smallest absolute Gasteiger partial charge is 0.269 e. The molecule has 0 aliphatic heterocycles. The van der Waals surface area contributed by atoms with E-state index in [2.05, 4.69) is 15.6 Å². The van der Waals surface area contributed by atoms with E-state index < -0.39 is 4.92 Å². The first-order valence-corrected chi connectivity index (χ1v) is 7.74. The van der Waals surface area contributed by atoms with E-state index >= 15 is 0 Å². The molecular formula is C18H15N5O3. The molecule has 130 valence electrons. The molecule has 0 fully saturated rings. The predicted octanol–water partition coefficient (Wildman–Crippen LogP) is 2.92. The molecule has 0 aliphatic rings. The summed E-state index contributed by atoms with van der Waals surface area (Å²) in [5, 5.41) is 19.3. The summed E-state index contributed by atoms with van der Waals surface area (Å²) in [4.78, 5) is 21.4. The molecule has 1 amide bonds. The summed E-state index contributed by atoms with van der Waals surface area (Å²) in [6, 6.07) is 15.6. The molecular weight excluding hydrogens is 334 g/mol. The quantitative estimate of drug-likeness (QED) is 0.434. The van der Waals surface area contributed by atoms with Crippen LogP contribution in [0.15, 0.2) is 65.9 Å². The van der Waals surface area contributed by atoms with E-state index in [1.54, 1.807) is 23.0 Å². The fourth-order valence-electron chi connectivity index (χ4n) is 2.35. The van der Waals surface area contributed by atoms with Gasteiger partial charge in [-0.05, 0) is 24.3 Å². The molecule has 0 spiro atoms. The average molecular weight is 349 g/mol. The zero-order chi connectivity index (χ0) is 18.5. The first-order chi connectivity index (χ1) is 12.5. The summed E-state index contributed by atoms with van der Waals surface area (Å²) < 4.78 is 1.69. The van der Waals surface area contributed by atoms with Gasteiger partial charge in [0.1, 0.15) is 5.69 Å². The molecule has 0 radical (unpaired) electrons. The van der Waals surface area contributed by atoms with Gasteiger partial charge in [0.05, 0.1) is 16.8 Å². The molecule has 1 heterocycles. The van der Waals surface area contributed by atoms with Crippen molar-refractivity contribution in [2.45, 2.75) is 6.92 Å². The molecule has 0 aliphatic carbocycles. The number of aromatic nitrogens is 2. The van der Waals surface area contributed by atoms with Gasteiger partial charge in [0, 0.05) is 36.4 Å². The van der Waals surface area contributed by atoms with Crippen molar-refractivity contribution in [2.24, 2.45) is 5.10 Å². The molecule has 2 aromatic carbocycles. The highest BCUT2D eigenvalue weighted by Gasteiger charge is 2.13. The van der Waals surface area contributed by atoms with E-state index in [1.165, 1.54) is 25.3 Å². The van der Waals surface area contributed by atoms with Crippen molar-refractivity contribution >= 4 is 17.8 Å². The average Bonchev–Trinajstić information content (AvgIpc) is 3.06. The lowest BCUT2D eigenvalue weighted by molar-refractivity contribution is -0.384. The maximum atomic E-state index is 11.0. The number of carbonyl (C=O) groups excluding carboxylic acids is 1. The zero-order valence-electron chi connectivity index (χ0n) is 13.9. The molecule has 0 saturated heterocycles. The Morgan fingerprint density at radius 3 is 2.50 bits per heavy atom. The van der Waals surface area contributed by atoms with Gasteiger partial charge in [-0.25, -0.2) is 10.1 Å². The zero-order valence-corrected chi connectivity index (χ0v) is 13.9. The van der Waals surface area contributed by atoms with Gasteiger partial charge in [-0.15, -0.1) is 0 Å². The second-order valence-electron chi connectivity index (χ2n) is 5.44. The van der Waals surface area contributed by atoms with Gasteiger partial charge in [-0.3, -0.25) is 14.9 Å². The Bertz CT molecular complexity index is 962. The molecule has 0 bridgehead atoms. The summed E-state index contributed by atoms with van der Waals surface area (Å²) in [7, 11) is 0. The molecule has 1 aromatic heterocycles. The van der Waals surface area contributed by atoms with Crippen molar-refractivity contribution < 1.29 is 9.72 Å². The Hall–Kier alpha value is -3.81. The largest absolute Gasteiger partial charge is 0.274 e. The third-order valence-electron chi connectivity index (χ3n) is 3.54. The van der Waals surface area contributed by atoms with Crippen LogP contribution in [0.5, 0.6) is 0 Å². The Kier molecular flexibility index (Phi) is 4.84. The number of para-hydroxylation sites is 1. The van der Waals surface area contributed by atoms with Crippen molar-refractivity contribution in [2.75, 3.05) is 0 Å². The number of hydrogen-bond acceptors (Lipinski definition) is 5. The minimum absolute atomic E-state index is 0.00436.